The van der Waals surface area contributed by atoms with Crippen LogP contribution in [-0.4, -0.2) is 50.9 Å². The van der Waals surface area contributed by atoms with Crippen molar-refractivity contribution in [1.29, 1.82) is 0 Å². The molecule has 1 fully saturated rings. The van der Waals surface area contributed by atoms with Crippen molar-refractivity contribution in [3.63, 3.8) is 0 Å². The van der Waals surface area contributed by atoms with Crippen molar-refractivity contribution in [1.82, 2.24) is 24.6 Å². The molecule has 0 unspecified atom stereocenters. The number of morpholine rings is 1. The zero-order chi connectivity index (χ0) is 22.1. The van der Waals surface area contributed by atoms with Crippen LogP contribution in [0.15, 0.2) is 48.9 Å². The molecule has 0 aliphatic carbocycles. The Morgan fingerprint density at radius 2 is 1.88 bits per heavy atom. The van der Waals surface area contributed by atoms with Gasteiger partial charge in [0, 0.05) is 43.0 Å². The number of nitrogens with one attached hydrogen (secondary N) is 1. The number of halogens is 1. The number of benzene rings is 1. The maximum absolute atomic E-state index is 13.5. The Hall–Kier alpha value is -3.59. The fourth-order valence-electron chi connectivity index (χ4n) is 4.13. The SMILES string of the molecule is Cc1nn2c(N3CCOCC3)cc(Nc3cnccn3)nc2c1[C@H](C)c1ccc(F)cc1. The number of anilines is 3. The van der Waals surface area contributed by atoms with Crippen molar-refractivity contribution in [2.24, 2.45) is 0 Å². The van der Waals surface area contributed by atoms with Crippen molar-refractivity contribution in [2.75, 3.05) is 36.5 Å². The highest BCUT2D eigenvalue weighted by molar-refractivity contribution is 5.66. The number of hydrogen-bond acceptors (Lipinski definition) is 7. The van der Waals surface area contributed by atoms with Gasteiger partial charge in [0.15, 0.2) is 5.65 Å². The van der Waals surface area contributed by atoms with E-state index in [-0.39, 0.29) is 11.7 Å². The smallest absolute Gasteiger partial charge is 0.163 e. The van der Waals surface area contributed by atoms with Crippen LogP contribution in [0.1, 0.15) is 29.7 Å². The third-order valence-electron chi connectivity index (χ3n) is 5.75. The highest BCUT2D eigenvalue weighted by atomic mass is 19.1. The third kappa shape index (κ3) is 3.87. The quantitative estimate of drug-likeness (QED) is 0.514. The highest BCUT2D eigenvalue weighted by Crippen LogP contribution is 2.33. The third-order valence-corrected chi connectivity index (χ3v) is 5.75. The molecule has 0 bridgehead atoms. The normalized spacial score (nSPS) is 15.2. The number of nitrogens with zero attached hydrogens (tertiary/aromatic N) is 6. The average molecular weight is 433 g/mol. The Balaban J connectivity index is 1.65. The molecule has 1 atom stereocenters. The molecule has 4 aromatic rings. The second-order valence-corrected chi connectivity index (χ2v) is 7.82. The van der Waals surface area contributed by atoms with Gasteiger partial charge < -0.3 is 15.0 Å². The Morgan fingerprint density at radius 3 is 2.59 bits per heavy atom. The van der Waals surface area contributed by atoms with Gasteiger partial charge in [0.25, 0.3) is 0 Å². The van der Waals surface area contributed by atoms with Gasteiger partial charge in [-0.25, -0.2) is 14.4 Å². The molecule has 164 valence electrons. The van der Waals surface area contributed by atoms with E-state index in [1.165, 1.54) is 12.1 Å². The first-order valence-electron chi connectivity index (χ1n) is 10.6. The monoisotopic (exact) mass is 433 g/mol. The first-order chi connectivity index (χ1) is 15.6. The van der Waals surface area contributed by atoms with E-state index in [2.05, 4.69) is 27.1 Å². The van der Waals surface area contributed by atoms with E-state index in [9.17, 15) is 4.39 Å². The Morgan fingerprint density at radius 1 is 1.09 bits per heavy atom. The van der Waals surface area contributed by atoms with E-state index < -0.39 is 0 Å². The number of rotatable bonds is 5. The molecule has 1 aliphatic rings. The molecule has 4 heterocycles. The van der Waals surface area contributed by atoms with Crippen molar-refractivity contribution in [2.45, 2.75) is 19.8 Å². The maximum Gasteiger partial charge on any atom is 0.163 e. The zero-order valence-electron chi connectivity index (χ0n) is 18.0. The molecular weight excluding hydrogens is 409 g/mol. The summed E-state index contributed by atoms with van der Waals surface area (Å²) in [7, 11) is 0. The van der Waals surface area contributed by atoms with Gasteiger partial charge in [-0.1, -0.05) is 19.1 Å². The summed E-state index contributed by atoms with van der Waals surface area (Å²) in [6, 6.07) is 8.58. The molecule has 1 aliphatic heterocycles. The second-order valence-electron chi connectivity index (χ2n) is 7.82. The number of aryl methyl sites for hydroxylation is 1. The largest absolute Gasteiger partial charge is 0.378 e. The summed E-state index contributed by atoms with van der Waals surface area (Å²) in [5, 5.41) is 8.11. The lowest BCUT2D eigenvalue weighted by molar-refractivity contribution is 0.122. The summed E-state index contributed by atoms with van der Waals surface area (Å²) >= 11 is 0. The van der Waals surface area contributed by atoms with Crippen LogP contribution in [0.2, 0.25) is 0 Å². The van der Waals surface area contributed by atoms with Gasteiger partial charge >= 0.3 is 0 Å². The molecule has 8 nitrogen and oxygen atoms in total. The average Bonchev–Trinajstić information content (AvgIpc) is 3.15. The van der Waals surface area contributed by atoms with E-state index in [0.29, 0.717) is 24.8 Å². The van der Waals surface area contributed by atoms with Gasteiger partial charge in [0.05, 0.1) is 25.1 Å². The van der Waals surface area contributed by atoms with Crippen LogP contribution in [-0.2, 0) is 4.74 Å². The lowest BCUT2D eigenvalue weighted by Crippen LogP contribution is -2.37. The van der Waals surface area contributed by atoms with Gasteiger partial charge in [-0.05, 0) is 24.6 Å². The first-order valence-corrected chi connectivity index (χ1v) is 10.6. The summed E-state index contributed by atoms with van der Waals surface area (Å²) in [4.78, 5) is 15.6. The van der Waals surface area contributed by atoms with E-state index in [1.807, 2.05) is 29.6 Å². The van der Waals surface area contributed by atoms with Crippen LogP contribution in [0.3, 0.4) is 0 Å². The van der Waals surface area contributed by atoms with Crippen LogP contribution in [0.4, 0.5) is 21.8 Å². The predicted molar refractivity (Wildman–Crippen MR) is 120 cm³/mol. The standard InChI is InChI=1S/C23H24FN7O/c1-15(17-3-5-18(24)6-4-17)22-16(2)29-31-21(30-9-11-32-12-10-30)13-19(28-23(22)31)27-20-14-25-7-8-26-20/h3-8,13-15H,9-12H2,1-2H3,(H,26,27,28)/t15-/m1/s1. The first kappa shape index (κ1) is 20.3. The maximum atomic E-state index is 13.5. The molecule has 0 saturated carbocycles. The molecule has 1 saturated heterocycles. The fraction of sp³-hybridized carbons (Fsp3) is 0.304. The highest BCUT2D eigenvalue weighted by Gasteiger charge is 2.24. The van der Waals surface area contributed by atoms with Crippen LogP contribution >= 0.6 is 0 Å². The second kappa shape index (κ2) is 8.51. The number of ether oxygens (including phenoxy) is 1. The molecule has 1 aromatic carbocycles. The molecule has 3 aromatic heterocycles. The van der Waals surface area contributed by atoms with E-state index in [1.54, 1.807) is 18.6 Å². The Kier molecular flexibility index (Phi) is 5.40. The zero-order valence-corrected chi connectivity index (χ0v) is 18.0. The van der Waals surface area contributed by atoms with Gasteiger partial charge in [-0.15, -0.1) is 0 Å². The lowest BCUT2D eigenvalue weighted by Gasteiger charge is -2.29. The van der Waals surface area contributed by atoms with Crippen molar-refractivity contribution in [3.05, 3.63) is 71.6 Å². The minimum Gasteiger partial charge on any atom is -0.378 e. The summed E-state index contributed by atoms with van der Waals surface area (Å²) in [5.74, 6) is 1.95. The molecular formula is C23H24FN7O. The number of aromatic nitrogens is 5. The van der Waals surface area contributed by atoms with Crippen molar-refractivity contribution >= 4 is 23.1 Å². The van der Waals surface area contributed by atoms with E-state index in [4.69, 9.17) is 14.8 Å². The van der Waals surface area contributed by atoms with Crippen LogP contribution in [0.25, 0.3) is 5.65 Å². The lowest BCUT2D eigenvalue weighted by atomic mass is 9.93. The minimum absolute atomic E-state index is 0.00935. The summed E-state index contributed by atoms with van der Waals surface area (Å²) in [6.45, 7) is 6.95. The number of fused-ring (bicyclic) bond motifs is 1. The van der Waals surface area contributed by atoms with Crippen LogP contribution in [0, 0.1) is 12.7 Å². The molecule has 0 spiro atoms. The van der Waals surface area contributed by atoms with Gasteiger partial charge in [0.1, 0.15) is 23.3 Å². The van der Waals surface area contributed by atoms with Gasteiger partial charge in [-0.2, -0.15) is 9.61 Å². The fourth-order valence-corrected chi connectivity index (χ4v) is 4.13. The molecule has 0 amide bonds. The molecule has 1 N–H and O–H groups in total. The van der Waals surface area contributed by atoms with E-state index >= 15 is 0 Å². The topological polar surface area (TPSA) is 80.5 Å². The molecule has 9 heteroatoms. The Bertz CT molecular complexity index is 1220. The number of hydrogen-bond donors (Lipinski definition) is 1. The molecule has 32 heavy (non-hydrogen) atoms. The van der Waals surface area contributed by atoms with Crippen LogP contribution < -0.4 is 10.2 Å². The van der Waals surface area contributed by atoms with Gasteiger partial charge in [0.2, 0.25) is 0 Å². The van der Waals surface area contributed by atoms with Crippen LogP contribution in [0.5, 0.6) is 0 Å². The summed E-state index contributed by atoms with van der Waals surface area (Å²) in [5.41, 5.74) is 3.66. The molecule has 5 rings (SSSR count). The summed E-state index contributed by atoms with van der Waals surface area (Å²) in [6.07, 6.45) is 4.92. The minimum atomic E-state index is -0.249. The Labute approximate surface area is 185 Å². The van der Waals surface area contributed by atoms with E-state index in [0.717, 1.165) is 41.4 Å². The van der Waals surface area contributed by atoms with Crippen molar-refractivity contribution in [3.8, 4) is 0 Å². The van der Waals surface area contributed by atoms with Gasteiger partial charge in [-0.3, -0.25) is 4.98 Å². The predicted octanol–water partition coefficient (Wildman–Crippen LogP) is 3.70. The van der Waals surface area contributed by atoms with Crippen molar-refractivity contribution < 1.29 is 9.13 Å². The summed E-state index contributed by atoms with van der Waals surface area (Å²) < 4.78 is 20.9. The molecule has 0 radical (unpaired) electrons.